The van der Waals surface area contributed by atoms with E-state index in [-0.39, 0.29) is 12.1 Å². The first-order valence-corrected chi connectivity index (χ1v) is 6.67. The number of rotatable bonds is 8. The molecule has 92 valence electrons. The molecule has 0 N–H and O–H groups in total. The van der Waals surface area contributed by atoms with E-state index in [0.717, 1.165) is 12.8 Å². The Morgan fingerprint density at radius 1 is 1.25 bits per heavy atom. The van der Waals surface area contributed by atoms with Crippen molar-refractivity contribution in [3.8, 4) is 0 Å². The van der Waals surface area contributed by atoms with Crippen LogP contribution in [0.15, 0.2) is 12.2 Å². The molecule has 1 aliphatic rings. The van der Waals surface area contributed by atoms with Gasteiger partial charge in [-0.3, -0.25) is 4.79 Å². The molecule has 1 aliphatic heterocycles. The van der Waals surface area contributed by atoms with E-state index in [9.17, 15) is 4.79 Å². The Labute approximate surface area is 99.1 Å². The van der Waals surface area contributed by atoms with Crippen molar-refractivity contribution in [3.05, 3.63) is 12.2 Å². The highest BCUT2D eigenvalue weighted by Gasteiger charge is 2.21. The maximum absolute atomic E-state index is 10.8. The minimum Gasteiger partial charge on any atom is -0.462 e. The van der Waals surface area contributed by atoms with E-state index in [4.69, 9.17) is 4.74 Å². The van der Waals surface area contributed by atoms with Crippen molar-refractivity contribution in [2.45, 2.75) is 70.8 Å². The summed E-state index contributed by atoms with van der Waals surface area (Å²) < 4.78 is 5.13. The van der Waals surface area contributed by atoms with E-state index in [1.165, 1.54) is 38.5 Å². The number of hydrogen-bond donors (Lipinski definition) is 0. The highest BCUT2D eigenvalue weighted by molar-refractivity contribution is 5.71. The van der Waals surface area contributed by atoms with Gasteiger partial charge in [-0.05, 0) is 19.3 Å². The van der Waals surface area contributed by atoms with Crippen LogP contribution >= 0.6 is 0 Å². The first kappa shape index (κ1) is 13.3. The Morgan fingerprint density at radius 2 is 2.06 bits per heavy atom. The van der Waals surface area contributed by atoms with Gasteiger partial charge in [0.1, 0.15) is 6.10 Å². The third kappa shape index (κ3) is 5.94. The summed E-state index contributed by atoms with van der Waals surface area (Å²) in [5, 5.41) is 0. The zero-order valence-corrected chi connectivity index (χ0v) is 10.4. The SMILES string of the molecule is CCCCCCC/C=C/C[C@H]1CCC(=O)O1. The van der Waals surface area contributed by atoms with E-state index in [1.54, 1.807) is 0 Å². The van der Waals surface area contributed by atoms with Gasteiger partial charge in [-0.15, -0.1) is 0 Å². The zero-order chi connectivity index (χ0) is 11.6. The van der Waals surface area contributed by atoms with E-state index in [0.29, 0.717) is 6.42 Å². The highest BCUT2D eigenvalue weighted by Crippen LogP contribution is 2.17. The van der Waals surface area contributed by atoms with Crippen LogP contribution in [0.1, 0.15) is 64.7 Å². The molecule has 0 radical (unpaired) electrons. The number of allylic oxidation sites excluding steroid dienone is 1. The summed E-state index contributed by atoms with van der Waals surface area (Å²) in [6.45, 7) is 2.24. The third-order valence-electron chi connectivity index (χ3n) is 3.01. The summed E-state index contributed by atoms with van der Waals surface area (Å²) >= 11 is 0. The molecular formula is C14H24O2. The van der Waals surface area contributed by atoms with E-state index < -0.39 is 0 Å². The quantitative estimate of drug-likeness (QED) is 0.354. The highest BCUT2D eigenvalue weighted by atomic mass is 16.5. The molecule has 0 aliphatic carbocycles. The number of ether oxygens (including phenoxy) is 1. The fraction of sp³-hybridized carbons (Fsp3) is 0.786. The molecule has 0 bridgehead atoms. The molecule has 0 saturated carbocycles. The van der Waals surface area contributed by atoms with Crippen LogP contribution in [0.3, 0.4) is 0 Å². The summed E-state index contributed by atoms with van der Waals surface area (Å²) in [5.41, 5.74) is 0. The van der Waals surface area contributed by atoms with Crippen molar-refractivity contribution < 1.29 is 9.53 Å². The second-order valence-electron chi connectivity index (χ2n) is 4.56. The summed E-state index contributed by atoms with van der Waals surface area (Å²) in [7, 11) is 0. The van der Waals surface area contributed by atoms with Crippen molar-refractivity contribution in [1.82, 2.24) is 0 Å². The van der Waals surface area contributed by atoms with Crippen LogP contribution in [0.25, 0.3) is 0 Å². The van der Waals surface area contributed by atoms with Crippen LogP contribution < -0.4 is 0 Å². The number of hydrogen-bond acceptors (Lipinski definition) is 2. The predicted molar refractivity (Wildman–Crippen MR) is 66.2 cm³/mol. The van der Waals surface area contributed by atoms with Crippen LogP contribution in [0, 0.1) is 0 Å². The lowest BCUT2D eigenvalue weighted by Crippen LogP contribution is -2.04. The van der Waals surface area contributed by atoms with Gasteiger partial charge in [0.25, 0.3) is 0 Å². The van der Waals surface area contributed by atoms with E-state index >= 15 is 0 Å². The van der Waals surface area contributed by atoms with Crippen LogP contribution in [-0.4, -0.2) is 12.1 Å². The Morgan fingerprint density at radius 3 is 2.75 bits per heavy atom. The molecule has 1 fully saturated rings. The van der Waals surface area contributed by atoms with Gasteiger partial charge in [0.2, 0.25) is 0 Å². The van der Waals surface area contributed by atoms with Crippen molar-refractivity contribution >= 4 is 5.97 Å². The van der Waals surface area contributed by atoms with Crippen LogP contribution in [0.2, 0.25) is 0 Å². The topological polar surface area (TPSA) is 26.3 Å². The summed E-state index contributed by atoms with van der Waals surface area (Å²) in [4.78, 5) is 10.8. The molecular weight excluding hydrogens is 200 g/mol. The van der Waals surface area contributed by atoms with Crippen molar-refractivity contribution in [2.24, 2.45) is 0 Å². The third-order valence-corrected chi connectivity index (χ3v) is 3.01. The Balaban J connectivity index is 1.90. The number of cyclic esters (lactones) is 1. The smallest absolute Gasteiger partial charge is 0.306 e. The number of esters is 1. The van der Waals surface area contributed by atoms with Gasteiger partial charge in [0.05, 0.1) is 0 Å². The lowest BCUT2D eigenvalue weighted by molar-refractivity contribution is -0.141. The molecule has 1 saturated heterocycles. The largest absolute Gasteiger partial charge is 0.462 e. The number of carbonyl (C=O) groups excluding carboxylic acids is 1. The lowest BCUT2D eigenvalue weighted by Gasteiger charge is -2.04. The number of unbranched alkanes of at least 4 members (excludes halogenated alkanes) is 5. The average molecular weight is 224 g/mol. The molecule has 1 rings (SSSR count). The molecule has 2 heteroatoms. The molecule has 1 heterocycles. The normalized spacial score (nSPS) is 20.6. The van der Waals surface area contributed by atoms with Crippen molar-refractivity contribution in [1.29, 1.82) is 0 Å². The fourth-order valence-corrected chi connectivity index (χ4v) is 1.98. The van der Waals surface area contributed by atoms with Gasteiger partial charge >= 0.3 is 5.97 Å². The van der Waals surface area contributed by atoms with Gasteiger partial charge in [0.15, 0.2) is 0 Å². The van der Waals surface area contributed by atoms with Gasteiger partial charge in [0, 0.05) is 12.8 Å². The van der Waals surface area contributed by atoms with Crippen molar-refractivity contribution in [2.75, 3.05) is 0 Å². The van der Waals surface area contributed by atoms with Gasteiger partial charge < -0.3 is 4.74 Å². The summed E-state index contributed by atoms with van der Waals surface area (Å²) in [5.74, 6) is -0.0297. The molecule has 16 heavy (non-hydrogen) atoms. The zero-order valence-electron chi connectivity index (χ0n) is 10.4. The van der Waals surface area contributed by atoms with Crippen LogP contribution in [-0.2, 0) is 9.53 Å². The fourth-order valence-electron chi connectivity index (χ4n) is 1.98. The molecule has 0 spiro atoms. The maximum Gasteiger partial charge on any atom is 0.306 e. The van der Waals surface area contributed by atoms with Crippen molar-refractivity contribution in [3.63, 3.8) is 0 Å². The second-order valence-corrected chi connectivity index (χ2v) is 4.56. The van der Waals surface area contributed by atoms with Crippen LogP contribution in [0.5, 0.6) is 0 Å². The molecule has 0 amide bonds. The maximum atomic E-state index is 10.8. The molecule has 0 unspecified atom stereocenters. The molecule has 0 aromatic heterocycles. The Bertz CT molecular complexity index is 221. The Hall–Kier alpha value is -0.790. The minimum atomic E-state index is -0.0297. The Kier molecular flexibility index (Phi) is 6.95. The van der Waals surface area contributed by atoms with Gasteiger partial charge in [-0.25, -0.2) is 0 Å². The standard InChI is InChI=1S/C14H24O2/c1-2-3-4-5-6-7-8-9-10-13-11-12-14(15)16-13/h8-9,13H,2-7,10-12H2,1H3/b9-8+/t13-/m0/s1. The molecule has 2 nitrogen and oxygen atoms in total. The monoisotopic (exact) mass is 224 g/mol. The molecule has 0 aromatic carbocycles. The molecule has 0 aromatic rings. The average Bonchev–Trinajstić information content (AvgIpc) is 2.68. The summed E-state index contributed by atoms with van der Waals surface area (Å²) in [6.07, 6.45) is 14.8. The molecule has 1 atom stereocenters. The summed E-state index contributed by atoms with van der Waals surface area (Å²) in [6, 6.07) is 0. The van der Waals surface area contributed by atoms with Gasteiger partial charge in [-0.1, -0.05) is 44.8 Å². The van der Waals surface area contributed by atoms with E-state index in [1.807, 2.05) is 0 Å². The van der Waals surface area contributed by atoms with E-state index in [2.05, 4.69) is 19.1 Å². The van der Waals surface area contributed by atoms with Gasteiger partial charge in [-0.2, -0.15) is 0 Å². The number of carbonyl (C=O) groups is 1. The predicted octanol–water partition coefficient (Wildman–Crippen LogP) is 4.00. The first-order chi connectivity index (χ1) is 7.83. The second kappa shape index (κ2) is 8.37. The lowest BCUT2D eigenvalue weighted by atomic mass is 10.1. The first-order valence-electron chi connectivity index (χ1n) is 6.67. The van der Waals surface area contributed by atoms with Crippen LogP contribution in [0.4, 0.5) is 0 Å². The minimum absolute atomic E-state index is 0.0297.